The molecule has 0 N–H and O–H groups in total. The summed E-state index contributed by atoms with van der Waals surface area (Å²) in [6, 6.07) is 62.6. The number of thiophene rings is 2. The van der Waals surface area contributed by atoms with Crippen LogP contribution in [0.25, 0.3) is 68.9 Å². The molecule has 6 heterocycles. The second-order valence-corrected chi connectivity index (χ2v) is 17.7. The molecular weight excluding hydrogens is 744 g/mol. The van der Waals surface area contributed by atoms with Crippen molar-refractivity contribution in [2.24, 2.45) is 0 Å². The zero-order valence-electron chi connectivity index (χ0n) is 30.8. The largest absolute Gasteiger partial charge is 0.310 e. The molecule has 0 aliphatic carbocycles. The van der Waals surface area contributed by atoms with Crippen LogP contribution in [0.15, 0.2) is 164 Å². The summed E-state index contributed by atoms with van der Waals surface area (Å²) in [5, 5.41) is 17.1. The Bertz CT molecular complexity index is 3680. The van der Waals surface area contributed by atoms with Crippen LogP contribution in [-0.4, -0.2) is 11.3 Å². The highest BCUT2D eigenvalue weighted by Crippen LogP contribution is 2.54. The molecule has 58 heavy (non-hydrogen) atoms. The molecule has 0 bridgehead atoms. The molecular formula is C51H27BN4S2. The Hall–Kier alpha value is -7.11. The fourth-order valence-corrected chi connectivity index (χ4v) is 12.8. The minimum Gasteiger partial charge on any atom is -0.310 e. The maximum absolute atomic E-state index is 10.9. The average Bonchev–Trinajstić information content (AvgIpc) is 3.96. The SMILES string of the molecule is N#Cc1cc2c3c(c1)N1c4c(cccc4-n4c5ccccc5c5cccc1c54)B3c1sc3ccc(-c4ccccc4)cc3c1N2c1ccc2c(c1)sc1ccccc12. The second-order valence-electron chi connectivity index (χ2n) is 15.6. The summed E-state index contributed by atoms with van der Waals surface area (Å²) in [5.41, 5.74) is 15.9. The number of aromatic nitrogens is 1. The molecule has 11 aromatic rings. The van der Waals surface area contributed by atoms with Crippen LogP contribution in [0.1, 0.15) is 5.56 Å². The molecule has 4 nitrogen and oxygen atoms in total. The Kier molecular flexibility index (Phi) is 5.91. The molecule has 0 amide bonds. The summed E-state index contributed by atoms with van der Waals surface area (Å²) in [6.07, 6.45) is 0. The Labute approximate surface area is 341 Å². The molecule has 3 aliphatic rings. The Morgan fingerprint density at radius 2 is 1.22 bits per heavy atom. The van der Waals surface area contributed by atoms with E-state index in [2.05, 4.69) is 184 Å². The van der Waals surface area contributed by atoms with Crippen molar-refractivity contribution in [1.29, 1.82) is 5.26 Å². The molecule has 0 fully saturated rings. The maximum Gasteiger partial charge on any atom is 0.264 e. The number of anilines is 6. The molecule has 7 heteroatoms. The number of fused-ring (bicyclic) bond motifs is 14. The number of benzene rings is 8. The Morgan fingerprint density at radius 1 is 0.483 bits per heavy atom. The highest BCUT2D eigenvalue weighted by Gasteiger charge is 2.47. The van der Waals surface area contributed by atoms with Crippen molar-refractivity contribution in [2.75, 3.05) is 9.80 Å². The first kappa shape index (κ1) is 31.0. The standard InChI is InChI=1S/C51H27BN4S2/c53-28-29-24-42-47-43(25-29)56-40-17-8-14-36-33-12-4-6-16-39(33)55(48(36)40)41-18-9-15-38(50(41)56)52(47)51-49(37-26-31(20-23-45(37)58-51)30-10-2-1-3-11-30)54(42)32-21-22-35-34-13-5-7-19-44(34)57-46(35)27-32/h1-27H. The molecule has 0 atom stereocenters. The number of nitrogens with zero attached hydrogens (tertiary/aromatic N) is 4. The van der Waals surface area contributed by atoms with E-state index in [0.717, 1.165) is 22.7 Å². The maximum atomic E-state index is 10.9. The summed E-state index contributed by atoms with van der Waals surface area (Å²) in [6.45, 7) is -0.0385. The van der Waals surface area contributed by atoms with Crippen LogP contribution < -0.4 is 25.5 Å². The van der Waals surface area contributed by atoms with Gasteiger partial charge in [0.05, 0.1) is 45.4 Å². The minimum atomic E-state index is -0.0385. The number of rotatable bonds is 2. The van der Waals surface area contributed by atoms with Crippen molar-refractivity contribution in [2.45, 2.75) is 0 Å². The predicted molar refractivity (Wildman–Crippen MR) is 247 cm³/mol. The van der Waals surface area contributed by atoms with Crippen molar-refractivity contribution in [1.82, 2.24) is 4.57 Å². The van der Waals surface area contributed by atoms with Gasteiger partial charge in [0.1, 0.15) is 0 Å². The summed E-state index contributed by atoms with van der Waals surface area (Å²) in [7, 11) is 0. The van der Waals surface area contributed by atoms with Crippen molar-refractivity contribution in [3.8, 4) is 22.9 Å². The summed E-state index contributed by atoms with van der Waals surface area (Å²) in [4.78, 5) is 4.96. The molecule has 0 saturated carbocycles. The number of nitriles is 1. The van der Waals surface area contributed by atoms with Crippen LogP contribution in [0.3, 0.4) is 0 Å². The van der Waals surface area contributed by atoms with Crippen LogP contribution >= 0.6 is 22.7 Å². The minimum absolute atomic E-state index is 0.0385. The zero-order valence-corrected chi connectivity index (χ0v) is 32.4. The fourth-order valence-electron chi connectivity index (χ4n) is 10.4. The second kappa shape index (κ2) is 11.1. The van der Waals surface area contributed by atoms with Crippen LogP contribution in [-0.2, 0) is 0 Å². The van der Waals surface area contributed by atoms with Gasteiger partial charge in [0, 0.05) is 62.9 Å². The van der Waals surface area contributed by atoms with Gasteiger partial charge in [0.2, 0.25) is 0 Å². The van der Waals surface area contributed by atoms with Crippen LogP contribution in [0.4, 0.5) is 34.1 Å². The number of para-hydroxylation sites is 3. The van der Waals surface area contributed by atoms with E-state index >= 15 is 0 Å². The lowest BCUT2D eigenvalue weighted by atomic mass is 9.36. The molecule has 0 spiro atoms. The molecule has 0 radical (unpaired) electrons. The lowest BCUT2D eigenvalue weighted by Gasteiger charge is -2.45. The topological polar surface area (TPSA) is 35.2 Å². The highest BCUT2D eigenvalue weighted by atomic mass is 32.1. The van der Waals surface area contributed by atoms with Crippen molar-refractivity contribution >= 4 is 131 Å². The van der Waals surface area contributed by atoms with E-state index in [1.807, 2.05) is 22.7 Å². The van der Waals surface area contributed by atoms with Gasteiger partial charge in [-0.15, -0.1) is 22.7 Å². The van der Waals surface area contributed by atoms with Crippen molar-refractivity contribution in [3.63, 3.8) is 0 Å². The smallest absolute Gasteiger partial charge is 0.264 e. The molecule has 266 valence electrons. The van der Waals surface area contributed by atoms with Crippen LogP contribution in [0, 0.1) is 11.3 Å². The van der Waals surface area contributed by atoms with Gasteiger partial charge in [-0.05, 0) is 82.7 Å². The van der Waals surface area contributed by atoms with Gasteiger partial charge in [-0.3, -0.25) is 0 Å². The number of hydrogen-bond donors (Lipinski definition) is 0. The fraction of sp³-hybridized carbons (Fsp3) is 0. The zero-order chi connectivity index (χ0) is 37.8. The van der Waals surface area contributed by atoms with Crippen molar-refractivity contribution < 1.29 is 0 Å². The highest BCUT2D eigenvalue weighted by molar-refractivity contribution is 7.33. The van der Waals surface area contributed by atoms with E-state index < -0.39 is 0 Å². The van der Waals surface area contributed by atoms with Gasteiger partial charge in [0.25, 0.3) is 6.71 Å². The Balaban J connectivity index is 1.13. The first-order valence-corrected chi connectivity index (χ1v) is 21.2. The van der Waals surface area contributed by atoms with E-state index in [0.29, 0.717) is 5.56 Å². The van der Waals surface area contributed by atoms with Crippen molar-refractivity contribution in [3.05, 3.63) is 169 Å². The normalized spacial score (nSPS) is 13.4. The molecule has 3 aliphatic heterocycles. The monoisotopic (exact) mass is 770 g/mol. The van der Waals surface area contributed by atoms with Gasteiger partial charge < -0.3 is 14.4 Å². The first-order chi connectivity index (χ1) is 28.7. The quantitative estimate of drug-likeness (QED) is 0.164. The van der Waals surface area contributed by atoms with Gasteiger partial charge in [-0.2, -0.15) is 5.26 Å². The first-order valence-electron chi connectivity index (χ1n) is 19.6. The van der Waals surface area contributed by atoms with E-state index in [1.54, 1.807) is 0 Å². The molecule has 0 unspecified atom stereocenters. The van der Waals surface area contributed by atoms with Gasteiger partial charge in [0.15, 0.2) is 0 Å². The molecule has 8 aromatic carbocycles. The third-order valence-electron chi connectivity index (χ3n) is 12.7. The van der Waals surface area contributed by atoms with Crippen LogP contribution in [0.2, 0.25) is 0 Å². The Morgan fingerprint density at radius 3 is 2.12 bits per heavy atom. The van der Waals surface area contributed by atoms with Gasteiger partial charge >= 0.3 is 0 Å². The van der Waals surface area contributed by atoms with Gasteiger partial charge in [-0.25, -0.2) is 0 Å². The average molecular weight is 771 g/mol. The molecule has 3 aromatic heterocycles. The summed E-state index contributed by atoms with van der Waals surface area (Å²) < 4.78 is 7.59. The van der Waals surface area contributed by atoms with E-state index in [4.69, 9.17) is 0 Å². The predicted octanol–water partition coefficient (Wildman–Crippen LogP) is 12.3. The number of hydrogen-bond acceptors (Lipinski definition) is 5. The third-order valence-corrected chi connectivity index (χ3v) is 15.0. The summed E-state index contributed by atoms with van der Waals surface area (Å²) >= 11 is 3.75. The van der Waals surface area contributed by atoms with E-state index in [-0.39, 0.29) is 6.71 Å². The lowest BCUT2D eigenvalue weighted by molar-refractivity contribution is 1.11. The van der Waals surface area contributed by atoms with E-state index in [1.165, 1.54) is 96.0 Å². The summed E-state index contributed by atoms with van der Waals surface area (Å²) in [5.74, 6) is 0. The van der Waals surface area contributed by atoms with Crippen LogP contribution in [0.5, 0.6) is 0 Å². The molecule has 14 rings (SSSR count). The molecule has 0 saturated heterocycles. The van der Waals surface area contributed by atoms with Gasteiger partial charge in [-0.1, -0.05) is 103 Å². The lowest BCUT2D eigenvalue weighted by Crippen LogP contribution is -2.61. The van der Waals surface area contributed by atoms with E-state index in [9.17, 15) is 5.26 Å². The third kappa shape index (κ3) is 3.84.